The molecule has 0 aliphatic heterocycles. The normalized spacial score (nSPS) is 12.7. The van der Waals surface area contributed by atoms with Gasteiger partial charge in [0, 0.05) is 19.7 Å². The lowest BCUT2D eigenvalue weighted by Crippen LogP contribution is -2.40. The summed E-state index contributed by atoms with van der Waals surface area (Å²) >= 11 is 0. The van der Waals surface area contributed by atoms with E-state index in [0.29, 0.717) is 5.69 Å². The Labute approximate surface area is 175 Å². The molecule has 30 heavy (non-hydrogen) atoms. The molecule has 8 heteroatoms. The molecule has 0 spiro atoms. The third-order valence-corrected chi connectivity index (χ3v) is 5.01. The number of carbonyl (C=O) groups is 2. The second-order valence-electron chi connectivity index (χ2n) is 7.20. The van der Waals surface area contributed by atoms with Crippen LogP contribution in [0.15, 0.2) is 61.2 Å². The number of benzene rings is 2. The Kier molecular flexibility index (Phi) is 6.46. The van der Waals surface area contributed by atoms with E-state index in [9.17, 15) is 9.59 Å². The predicted molar refractivity (Wildman–Crippen MR) is 115 cm³/mol. The molecule has 0 saturated carbocycles. The molecule has 0 saturated heterocycles. The molecule has 8 nitrogen and oxygen atoms in total. The molecule has 156 valence electrons. The highest BCUT2D eigenvalue weighted by atomic mass is 16.2. The summed E-state index contributed by atoms with van der Waals surface area (Å²) in [5.41, 5.74) is 3.53. The number of amides is 3. The maximum atomic E-state index is 12.8. The van der Waals surface area contributed by atoms with E-state index in [4.69, 9.17) is 0 Å². The first-order valence-electron chi connectivity index (χ1n) is 9.71. The van der Waals surface area contributed by atoms with Crippen molar-refractivity contribution in [3.05, 3.63) is 72.3 Å². The average Bonchev–Trinajstić information content (AvgIpc) is 3.27. The van der Waals surface area contributed by atoms with Gasteiger partial charge in [0.25, 0.3) is 0 Å². The van der Waals surface area contributed by atoms with Crippen molar-refractivity contribution in [2.75, 3.05) is 12.4 Å². The zero-order chi connectivity index (χ0) is 21.7. The van der Waals surface area contributed by atoms with Gasteiger partial charge in [0.1, 0.15) is 12.7 Å². The molecule has 3 amide bonds. The van der Waals surface area contributed by atoms with Crippen LogP contribution in [0.2, 0.25) is 0 Å². The van der Waals surface area contributed by atoms with Gasteiger partial charge in [0.05, 0.1) is 17.8 Å². The van der Waals surface area contributed by atoms with Crippen molar-refractivity contribution in [1.29, 1.82) is 0 Å². The maximum Gasteiger partial charge on any atom is 0.318 e. The van der Waals surface area contributed by atoms with Crippen LogP contribution in [0.1, 0.15) is 44.0 Å². The van der Waals surface area contributed by atoms with Gasteiger partial charge in [-0.1, -0.05) is 24.3 Å². The number of urea groups is 1. The van der Waals surface area contributed by atoms with Crippen molar-refractivity contribution in [2.24, 2.45) is 0 Å². The Morgan fingerprint density at radius 2 is 1.80 bits per heavy atom. The average molecular weight is 406 g/mol. The smallest absolute Gasteiger partial charge is 0.318 e. The third kappa shape index (κ3) is 5.02. The van der Waals surface area contributed by atoms with Crippen LogP contribution in [-0.2, 0) is 4.79 Å². The Morgan fingerprint density at radius 1 is 1.07 bits per heavy atom. The van der Waals surface area contributed by atoms with Gasteiger partial charge in [0.2, 0.25) is 5.91 Å². The molecule has 3 aromatic rings. The highest BCUT2D eigenvalue weighted by molar-refractivity contribution is 5.88. The molecule has 1 heterocycles. The van der Waals surface area contributed by atoms with Gasteiger partial charge in [0.15, 0.2) is 0 Å². The van der Waals surface area contributed by atoms with E-state index in [-0.39, 0.29) is 24.0 Å². The molecule has 2 atom stereocenters. The van der Waals surface area contributed by atoms with Crippen LogP contribution in [0.4, 0.5) is 10.5 Å². The van der Waals surface area contributed by atoms with Crippen LogP contribution in [0.25, 0.3) is 5.69 Å². The molecule has 0 bridgehead atoms. The number of nitrogens with zero attached hydrogens (tertiary/aromatic N) is 4. The number of hydrogen-bond acceptors (Lipinski definition) is 4. The topological polar surface area (TPSA) is 92.2 Å². The summed E-state index contributed by atoms with van der Waals surface area (Å²) in [7, 11) is 1.77. The molecule has 2 aromatic carbocycles. The fourth-order valence-corrected chi connectivity index (χ4v) is 3.11. The van der Waals surface area contributed by atoms with Crippen LogP contribution in [0.5, 0.6) is 0 Å². The zero-order valence-electron chi connectivity index (χ0n) is 17.5. The van der Waals surface area contributed by atoms with Crippen molar-refractivity contribution in [1.82, 2.24) is 25.0 Å². The quantitative estimate of drug-likeness (QED) is 0.653. The van der Waals surface area contributed by atoms with Gasteiger partial charge in [-0.05, 0) is 49.2 Å². The van der Waals surface area contributed by atoms with Crippen molar-refractivity contribution in [2.45, 2.75) is 32.9 Å². The number of anilines is 1. The molecule has 0 fully saturated rings. The summed E-state index contributed by atoms with van der Waals surface area (Å²) in [6.07, 6.45) is 3.13. The minimum Gasteiger partial charge on any atom is -0.331 e. The minimum atomic E-state index is -0.212. The van der Waals surface area contributed by atoms with Gasteiger partial charge in [-0.3, -0.25) is 4.79 Å². The van der Waals surface area contributed by atoms with Gasteiger partial charge in [-0.2, -0.15) is 5.10 Å². The first kappa shape index (κ1) is 21.0. The highest BCUT2D eigenvalue weighted by Crippen LogP contribution is 2.22. The van der Waals surface area contributed by atoms with E-state index in [1.54, 1.807) is 23.0 Å². The summed E-state index contributed by atoms with van der Waals surface area (Å²) in [4.78, 5) is 29.7. The number of rotatable bonds is 6. The van der Waals surface area contributed by atoms with Crippen LogP contribution in [0.3, 0.4) is 0 Å². The lowest BCUT2D eigenvalue weighted by atomic mass is 10.1. The molecule has 0 unspecified atom stereocenters. The Balaban J connectivity index is 1.64. The molecule has 0 aliphatic carbocycles. The summed E-state index contributed by atoms with van der Waals surface area (Å²) in [5, 5.41) is 9.89. The first-order valence-corrected chi connectivity index (χ1v) is 9.71. The van der Waals surface area contributed by atoms with Crippen molar-refractivity contribution < 1.29 is 9.59 Å². The second kappa shape index (κ2) is 9.21. The van der Waals surface area contributed by atoms with E-state index >= 15 is 0 Å². The summed E-state index contributed by atoms with van der Waals surface area (Å²) < 4.78 is 1.68. The third-order valence-electron chi connectivity index (χ3n) is 5.01. The van der Waals surface area contributed by atoms with Crippen molar-refractivity contribution >= 4 is 17.6 Å². The van der Waals surface area contributed by atoms with E-state index in [2.05, 4.69) is 20.7 Å². The lowest BCUT2D eigenvalue weighted by molar-refractivity contribution is -0.114. The molecular weight excluding hydrogens is 380 g/mol. The number of nitrogens with one attached hydrogen (secondary N) is 2. The molecule has 3 rings (SSSR count). The Morgan fingerprint density at radius 3 is 2.43 bits per heavy atom. The van der Waals surface area contributed by atoms with Gasteiger partial charge in [-0.15, -0.1) is 0 Å². The van der Waals surface area contributed by atoms with Crippen LogP contribution < -0.4 is 10.6 Å². The molecule has 0 radical (unpaired) electrons. The Hall–Kier alpha value is -3.68. The maximum absolute atomic E-state index is 12.8. The van der Waals surface area contributed by atoms with E-state index in [1.165, 1.54) is 13.3 Å². The van der Waals surface area contributed by atoms with Gasteiger partial charge < -0.3 is 15.5 Å². The lowest BCUT2D eigenvalue weighted by Gasteiger charge is -2.27. The SMILES string of the molecule is CC(=O)Nc1cccc([C@@H](C)NC(=O)N(C)[C@H](C)c2ccc(-n3cncn3)cc2)c1. The highest BCUT2D eigenvalue weighted by Gasteiger charge is 2.19. The van der Waals surface area contributed by atoms with E-state index in [1.807, 2.05) is 62.4 Å². The molecule has 2 N–H and O–H groups in total. The van der Waals surface area contributed by atoms with E-state index < -0.39 is 0 Å². The first-order chi connectivity index (χ1) is 14.3. The predicted octanol–water partition coefficient (Wildman–Crippen LogP) is 3.69. The molecular formula is C22H26N6O2. The zero-order valence-corrected chi connectivity index (χ0v) is 17.5. The van der Waals surface area contributed by atoms with E-state index in [0.717, 1.165) is 16.8 Å². The van der Waals surface area contributed by atoms with Gasteiger partial charge in [-0.25, -0.2) is 14.5 Å². The van der Waals surface area contributed by atoms with Crippen LogP contribution >= 0.6 is 0 Å². The van der Waals surface area contributed by atoms with Crippen molar-refractivity contribution in [3.8, 4) is 5.69 Å². The molecule has 1 aromatic heterocycles. The standard InChI is InChI=1S/C22H26N6O2/c1-15(19-6-5-7-20(12-19)26-17(3)29)25-22(30)27(4)16(2)18-8-10-21(11-9-18)28-14-23-13-24-28/h5-16H,1-4H3,(H,25,30)(H,26,29)/t15-,16-/m1/s1. The summed E-state index contributed by atoms with van der Waals surface area (Å²) in [5.74, 6) is -0.132. The van der Waals surface area contributed by atoms with Gasteiger partial charge >= 0.3 is 6.03 Å². The fourth-order valence-electron chi connectivity index (χ4n) is 3.11. The number of carbonyl (C=O) groups excluding carboxylic acids is 2. The van der Waals surface area contributed by atoms with Crippen LogP contribution in [-0.4, -0.2) is 38.7 Å². The Bertz CT molecular complexity index is 1000. The fraction of sp³-hybridized carbons (Fsp3) is 0.273. The largest absolute Gasteiger partial charge is 0.331 e. The number of hydrogen-bond donors (Lipinski definition) is 2. The molecule has 0 aliphatic rings. The number of aromatic nitrogens is 3. The van der Waals surface area contributed by atoms with Crippen LogP contribution in [0, 0.1) is 0 Å². The summed E-state index contributed by atoms with van der Waals surface area (Å²) in [6.45, 7) is 5.36. The second-order valence-corrected chi connectivity index (χ2v) is 7.20. The summed E-state index contributed by atoms with van der Waals surface area (Å²) in [6, 6.07) is 14.8. The minimum absolute atomic E-state index is 0.118. The van der Waals surface area contributed by atoms with Crippen molar-refractivity contribution in [3.63, 3.8) is 0 Å². The monoisotopic (exact) mass is 406 g/mol.